The van der Waals surface area contributed by atoms with Crippen molar-refractivity contribution < 1.29 is 23.9 Å². The normalized spacial score (nSPS) is 35.1. The van der Waals surface area contributed by atoms with E-state index >= 15 is 4.39 Å². The quantitative estimate of drug-likeness (QED) is 0.344. The topological polar surface area (TPSA) is 90.3 Å². The van der Waals surface area contributed by atoms with Gasteiger partial charge in [0.2, 0.25) is 5.91 Å². The van der Waals surface area contributed by atoms with Gasteiger partial charge in [-0.2, -0.15) is 0 Å². The van der Waals surface area contributed by atoms with E-state index in [1.807, 2.05) is 35.2 Å². The number of amides is 1. The molecule has 1 amide bonds. The molecule has 4 saturated carbocycles. The van der Waals surface area contributed by atoms with Crippen molar-refractivity contribution in [3.05, 3.63) is 70.5 Å². The minimum Gasteiger partial charge on any atom is -0.389 e. The molecule has 272 valence electrons. The molecular formula is C43H54FN3O4. The highest BCUT2D eigenvalue weighted by atomic mass is 19.1. The molecule has 0 spiro atoms. The van der Waals surface area contributed by atoms with Crippen LogP contribution in [-0.2, 0) is 22.6 Å². The van der Waals surface area contributed by atoms with E-state index in [0.717, 1.165) is 68.2 Å². The van der Waals surface area contributed by atoms with Crippen LogP contribution in [0.1, 0.15) is 112 Å². The number of rotatable bonds is 7. The molecule has 1 saturated heterocycles. The Morgan fingerprint density at radius 1 is 0.941 bits per heavy atom. The molecule has 7 nitrogen and oxygen atoms in total. The Hall–Kier alpha value is -3.23. The second kappa shape index (κ2) is 13.3. The Balaban J connectivity index is 0.846. The molecule has 2 aliphatic heterocycles. The standard InChI is InChI=1S/C43H54FN3O4/c1-41-15-11-31(48)25-30(41)8-9-34-35(41)12-16-42(2)36(34)13-17-43(42,51)18-14-40(50)47-21-19-46(20-22-47)27-29-23-28(7-10-37(29)44)24-38-32-5-3-4-6-33(32)39(49)26-45-38/h3-7,10,23,30,34-36,51H,8-9,11-22,24-27H2,1-2H3/t30-,34+,35-,36-,41-,42-,43+/m1/s1. The molecule has 51 heavy (non-hydrogen) atoms. The highest BCUT2D eigenvalue weighted by Gasteiger charge is 2.64. The summed E-state index contributed by atoms with van der Waals surface area (Å²) in [4.78, 5) is 46.9. The summed E-state index contributed by atoms with van der Waals surface area (Å²) in [5.74, 6) is 2.64. The predicted octanol–water partition coefficient (Wildman–Crippen LogP) is 6.82. The van der Waals surface area contributed by atoms with Gasteiger partial charge in [-0.1, -0.05) is 50.2 Å². The van der Waals surface area contributed by atoms with Gasteiger partial charge in [0.15, 0.2) is 5.78 Å². The number of aliphatic hydroxyl groups is 1. The van der Waals surface area contributed by atoms with E-state index in [2.05, 4.69) is 23.7 Å². The Kier molecular flexibility index (Phi) is 9.10. The molecule has 5 fully saturated rings. The zero-order valence-electron chi connectivity index (χ0n) is 30.5. The highest BCUT2D eigenvalue weighted by Crippen LogP contribution is 2.68. The number of nitrogens with zero attached hydrogens (tertiary/aromatic N) is 3. The van der Waals surface area contributed by atoms with Crippen LogP contribution in [0.4, 0.5) is 4.39 Å². The molecule has 8 rings (SSSR count). The Morgan fingerprint density at radius 2 is 1.71 bits per heavy atom. The summed E-state index contributed by atoms with van der Waals surface area (Å²) in [6, 6.07) is 12.8. The average molecular weight is 696 g/mol. The summed E-state index contributed by atoms with van der Waals surface area (Å²) >= 11 is 0. The fourth-order valence-corrected chi connectivity index (χ4v) is 12.0. The fourth-order valence-electron chi connectivity index (χ4n) is 12.0. The summed E-state index contributed by atoms with van der Waals surface area (Å²) in [5, 5.41) is 12.3. The Labute approximate surface area is 302 Å². The summed E-state index contributed by atoms with van der Waals surface area (Å²) in [6.07, 6.45) is 10.2. The van der Waals surface area contributed by atoms with Gasteiger partial charge in [-0.05, 0) is 97.5 Å². The van der Waals surface area contributed by atoms with Crippen molar-refractivity contribution in [1.29, 1.82) is 0 Å². The fraction of sp³-hybridized carbons (Fsp3) is 0.628. The first-order chi connectivity index (χ1) is 24.5. The second-order valence-corrected chi connectivity index (χ2v) is 17.4. The van der Waals surface area contributed by atoms with Crippen LogP contribution in [0.5, 0.6) is 0 Å². The van der Waals surface area contributed by atoms with Crippen molar-refractivity contribution in [2.75, 3.05) is 32.7 Å². The van der Waals surface area contributed by atoms with Crippen molar-refractivity contribution in [2.24, 2.45) is 39.5 Å². The first-order valence-corrected chi connectivity index (χ1v) is 19.6. The van der Waals surface area contributed by atoms with Gasteiger partial charge >= 0.3 is 0 Å². The molecule has 4 aliphatic carbocycles. The molecule has 0 bridgehead atoms. The zero-order valence-corrected chi connectivity index (χ0v) is 30.5. The van der Waals surface area contributed by atoms with Gasteiger partial charge in [0.1, 0.15) is 18.1 Å². The van der Waals surface area contributed by atoms with Crippen LogP contribution in [0.3, 0.4) is 0 Å². The molecule has 0 radical (unpaired) electrons. The molecular weight excluding hydrogens is 641 g/mol. The van der Waals surface area contributed by atoms with Crippen molar-refractivity contribution in [3.8, 4) is 0 Å². The predicted molar refractivity (Wildman–Crippen MR) is 195 cm³/mol. The molecule has 8 heteroatoms. The molecule has 1 N–H and O–H groups in total. The third kappa shape index (κ3) is 6.12. The molecule has 7 atom stereocenters. The molecule has 0 unspecified atom stereocenters. The van der Waals surface area contributed by atoms with Gasteiger partial charge in [0.25, 0.3) is 0 Å². The Bertz CT molecular complexity index is 1750. The maximum atomic E-state index is 15.0. The average Bonchev–Trinajstić information content (AvgIpc) is 3.40. The molecule has 0 aromatic heterocycles. The van der Waals surface area contributed by atoms with Gasteiger partial charge in [0, 0.05) is 80.8 Å². The third-order valence-corrected chi connectivity index (χ3v) is 15.1. The van der Waals surface area contributed by atoms with Gasteiger partial charge < -0.3 is 10.0 Å². The van der Waals surface area contributed by atoms with Gasteiger partial charge in [-0.3, -0.25) is 24.3 Å². The maximum absolute atomic E-state index is 15.0. The van der Waals surface area contributed by atoms with Crippen molar-refractivity contribution in [1.82, 2.24) is 9.80 Å². The van der Waals surface area contributed by atoms with Gasteiger partial charge in [-0.25, -0.2) is 4.39 Å². The van der Waals surface area contributed by atoms with Crippen molar-refractivity contribution >= 4 is 23.2 Å². The van der Waals surface area contributed by atoms with E-state index in [1.165, 1.54) is 12.5 Å². The van der Waals surface area contributed by atoms with Gasteiger partial charge in [0.05, 0.1) is 5.60 Å². The number of ketones is 2. The lowest BCUT2D eigenvalue weighted by molar-refractivity contribution is -0.160. The summed E-state index contributed by atoms with van der Waals surface area (Å²) in [7, 11) is 0. The van der Waals surface area contributed by atoms with E-state index in [4.69, 9.17) is 0 Å². The summed E-state index contributed by atoms with van der Waals surface area (Å²) in [6.45, 7) is 7.97. The van der Waals surface area contributed by atoms with Crippen LogP contribution in [0.15, 0.2) is 47.5 Å². The first kappa shape index (κ1) is 34.8. The lowest BCUT2D eigenvalue weighted by Crippen LogP contribution is -2.56. The van der Waals surface area contributed by atoms with Crippen molar-refractivity contribution in [2.45, 2.75) is 103 Å². The number of benzene rings is 2. The van der Waals surface area contributed by atoms with E-state index < -0.39 is 5.60 Å². The number of piperazine rings is 1. The van der Waals surface area contributed by atoms with Crippen LogP contribution in [0.25, 0.3) is 0 Å². The number of Topliss-reactive ketones (excluding diaryl/α,β-unsaturated/α-hetero) is 2. The number of aliphatic imine (C=N–C) groups is 1. The van der Waals surface area contributed by atoms with Crippen molar-refractivity contribution in [3.63, 3.8) is 0 Å². The van der Waals surface area contributed by atoms with E-state index in [9.17, 15) is 19.5 Å². The lowest BCUT2D eigenvalue weighted by atomic mass is 9.44. The number of carbonyl (C=O) groups excluding carboxylic acids is 3. The smallest absolute Gasteiger partial charge is 0.222 e. The first-order valence-electron chi connectivity index (χ1n) is 19.6. The van der Waals surface area contributed by atoms with E-state index in [-0.39, 0.29) is 34.9 Å². The Morgan fingerprint density at radius 3 is 2.51 bits per heavy atom. The lowest BCUT2D eigenvalue weighted by Gasteiger charge is -2.61. The third-order valence-electron chi connectivity index (χ3n) is 15.1. The zero-order chi connectivity index (χ0) is 35.5. The van der Waals surface area contributed by atoms with E-state index in [1.54, 1.807) is 6.07 Å². The summed E-state index contributed by atoms with van der Waals surface area (Å²) < 4.78 is 15.0. The minimum absolute atomic E-state index is 0.0262. The maximum Gasteiger partial charge on any atom is 0.222 e. The second-order valence-electron chi connectivity index (χ2n) is 17.4. The number of carbonyl (C=O) groups is 3. The SMILES string of the molecule is C[C@@]12CCC(=O)C[C@H]1CC[C@H]1[C@H]2CC[C@]2(C)[C@@H]1CC[C@]2(O)CCC(=O)N1CCN(Cc2cc(CC3=NCC(=O)c4ccccc43)ccc2F)CC1. The van der Waals surface area contributed by atoms with Crippen LogP contribution in [0, 0.1) is 40.3 Å². The van der Waals surface area contributed by atoms with Crippen LogP contribution >= 0.6 is 0 Å². The molecule has 2 aromatic rings. The molecule has 6 aliphatic rings. The van der Waals surface area contributed by atoms with Crippen LogP contribution < -0.4 is 0 Å². The number of hydrogen-bond acceptors (Lipinski definition) is 6. The van der Waals surface area contributed by atoms with E-state index in [0.29, 0.717) is 92.6 Å². The summed E-state index contributed by atoms with van der Waals surface area (Å²) in [5.41, 5.74) is 3.29. The highest BCUT2D eigenvalue weighted by molar-refractivity contribution is 6.15. The van der Waals surface area contributed by atoms with Crippen LogP contribution in [0.2, 0.25) is 0 Å². The largest absolute Gasteiger partial charge is 0.389 e. The molecule has 2 aromatic carbocycles. The molecule has 2 heterocycles. The van der Waals surface area contributed by atoms with Crippen LogP contribution in [-0.4, -0.2) is 76.4 Å². The monoisotopic (exact) mass is 695 g/mol. The number of halogens is 1. The number of hydrogen-bond donors (Lipinski definition) is 1. The van der Waals surface area contributed by atoms with Gasteiger partial charge in [-0.15, -0.1) is 0 Å². The minimum atomic E-state index is -0.816. The number of fused-ring (bicyclic) bond motifs is 6.